The van der Waals surface area contributed by atoms with Crippen molar-refractivity contribution in [2.45, 2.75) is 84.5 Å². The molecule has 0 amide bonds. The molecule has 1 aliphatic carbocycles. The van der Waals surface area contributed by atoms with E-state index in [2.05, 4.69) is 20.4 Å². The Morgan fingerprint density at radius 3 is 2.24 bits per heavy atom. The summed E-state index contributed by atoms with van der Waals surface area (Å²) in [7, 11) is 0. The Bertz CT molecular complexity index is 202. The Labute approximate surface area is 109 Å². The lowest BCUT2D eigenvalue weighted by Gasteiger charge is -2.31. The molecule has 2 unspecified atom stereocenters. The van der Waals surface area contributed by atoms with E-state index in [0.717, 1.165) is 11.8 Å². The Morgan fingerprint density at radius 1 is 1.00 bits per heavy atom. The van der Waals surface area contributed by atoms with Gasteiger partial charge < -0.3 is 0 Å². The topological polar surface area (TPSA) is 0 Å². The van der Waals surface area contributed by atoms with E-state index in [1.54, 1.807) is 0 Å². The SMILES string of the molecule is C=C(CC)CCCCC1CCCCC1CCC. The van der Waals surface area contributed by atoms with Gasteiger partial charge in [-0.1, -0.05) is 77.4 Å². The Morgan fingerprint density at radius 2 is 1.65 bits per heavy atom. The van der Waals surface area contributed by atoms with Crippen molar-refractivity contribution in [1.29, 1.82) is 0 Å². The largest absolute Gasteiger partial charge is 0.0999 e. The van der Waals surface area contributed by atoms with Crippen molar-refractivity contribution < 1.29 is 0 Å². The number of hydrogen-bond donors (Lipinski definition) is 0. The minimum atomic E-state index is 1.05. The van der Waals surface area contributed by atoms with E-state index in [9.17, 15) is 0 Å². The minimum absolute atomic E-state index is 1.05. The van der Waals surface area contributed by atoms with Gasteiger partial charge >= 0.3 is 0 Å². The molecule has 0 aliphatic heterocycles. The van der Waals surface area contributed by atoms with E-state index in [0.29, 0.717) is 0 Å². The van der Waals surface area contributed by atoms with Crippen LogP contribution in [0.3, 0.4) is 0 Å². The van der Waals surface area contributed by atoms with E-state index in [1.807, 2.05) is 0 Å². The summed E-state index contributed by atoms with van der Waals surface area (Å²) in [5, 5.41) is 0. The van der Waals surface area contributed by atoms with Crippen molar-refractivity contribution in [2.24, 2.45) is 11.8 Å². The molecule has 0 nitrogen and oxygen atoms in total. The average molecular weight is 236 g/mol. The van der Waals surface area contributed by atoms with E-state index >= 15 is 0 Å². The van der Waals surface area contributed by atoms with Crippen LogP contribution in [0, 0.1) is 11.8 Å². The molecule has 0 aromatic heterocycles. The fraction of sp³-hybridized carbons (Fsp3) is 0.882. The molecule has 0 bridgehead atoms. The minimum Gasteiger partial charge on any atom is -0.0999 e. The molecule has 0 radical (unpaired) electrons. The molecule has 100 valence electrons. The molecule has 0 N–H and O–H groups in total. The highest BCUT2D eigenvalue weighted by atomic mass is 14.3. The molecule has 1 saturated carbocycles. The van der Waals surface area contributed by atoms with Gasteiger partial charge in [0.1, 0.15) is 0 Å². The van der Waals surface area contributed by atoms with Crippen LogP contribution in [0.2, 0.25) is 0 Å². The summed E-state index contributed by atoms with van der Waals surface area (Å²) in [6.45, 7) is 8.67. The molecular weight excluding hydrogens is 204 g/mol. The highest BCUT2D eigenvalue weighted by molar-refractivity contribution is 4.91. The maximum atomic E-state index is 4.10. The van der Waals surface area contributed by atoms with Crippen LogP contribution in [-0.4, -0.2) is 0 Å². The summed E-state index contributed by atoms with van der Waals surface area (Å²) in [5.74, 6) is 2.11. The quantitative estimate of drug-likeness (QED) is 0.352. The van der Waals surface area contributed by atoms with Gasteiger partial charge in [-0.05, 0) is 31.1 Å². The van der Waals surface area contributed by atoms with E-state index < -0.39 is 0 Å². The monoisotopic (exact) mass is 236 g/mol. The summed E-state index contributed by atoms with van der Waals surface area (Å²) in [5.41, 5.74) is 1.44. The highest BCUT2D eigenvalue weighted by Gasteiger charge is 2.23. The van der Waals surface area contributed by atoms with Crippen LogP contribution < -0.4 is 0 Å². The molecule has 0 spiro atoms. The lowest BCUT2D eigenvalue weighted by Crippen LogP contribution is -2.19. The van der Waals surface area contributed by atoms with Gasteiger partial charge in [-0.25, -0.2) is 0 Å². The summed E-state index contributed by atoms with van der Waals surface area (Å²) in [6, 6.07) is 0. The van der Waals surface area contributed by atoms with Crippen LogP contribution in [0.25, 0.3) is 0 Å². The first-order valence-corrected chi connectivity index (χ1v) is 7.94. The standard InChI is InChI=1S/C17H32/c1-4-10-16-12-8-9-14-17(16)13-7-6-11-15(3)5-2/h16-17H,3-14H2,1-2H3. The molecule has 0 heteroatoms. The number of hydrogen-bond acceptors (Lipinski definition) is 0. The van der Waals surface area contributed by atoms with Crippen LogP contribution >= 0.6 is 0 Å². The van der Waals surface area contributed by atoms with Gasteiger partial charge in [0.15, 0.2) is 0 Å². The first kappa shape index (κ1) is 14.8. The average Bonchev–Trinajstić information content (AvgIpc) is 2.36. The third-order valence-corrected chi connectivity index (χ3v) is 4.58. The molecule has 0 aromatic rings. The van der Waals surface area contributed by atoms with Gasteiger partial charge in [0.25, 0.3) is 0 Å². The van der Waals surface area contributed by atoms with Gasteiger partial charge in [-0.15, -0.1) is 0 Å². The predicted octanol–water partition coefficient (Wildman–Crippen LogP) is 6.12. The van der Waals surface area contributed by atoms with Gasteiger partial charge in [0.05, 0.1) is 0 Å². The molecule has 1 fully saturated rings. The predicted molar refractivity (Wildman–Crippen MR) is 78.3 cm³/mol. The second-order valence-electron chi connectivity index (χ2n) is 5.94. The zero-order chi connectivity index (χ0) is 12.5. The molecular formula is C17H32. The van der Waals surface area contributed by atoms with Crippen LogP contribution in [0.15, 0.2) is 12.2 Å². The molecule has 0 saturated heterocycles. The molecule has 1 rings (SSSR count). The summed E-state index contributed by atoms with van der Waals surface area (Å²) in [6.07, 6.45) is 15.6. The number of allylic oxidation sites excluding steroid dienone is 1. The van der Waals surface area contributed by atoms with Crippen molar-refractivity contribution >= 4 is 0 Å². The summed E-state index contributed by atoms with van der Waals surface area (Å²) in [4.78, 5) is 0. The lowest BCUT2D eigenvalue weighted by molar-refractivity contribution is 0.206. The zero-order valence-electron chi connectivity index (χ0n) is 12.1. The van der Waals surface area contributed by atoms with E-state index in [-0.39, 0.29) is 0 Å². The van der Waals surface area contributed by atoms with Crippen LogP contribution in [0.1, 0.15) is 84.5 Å². The Kier molecular flexibility index (Phi) is 7.64. The zero-order valence-corrected chi connectivity index (χ0v) is 12.1. The summed E-state index contributed by atoms with van der Waals surface area (Å²) >= 11 is 0. The van der Waals surface area contributed by atoms with Gasteiger partial charge in [-0.3, -0.25) is 0 Å². The van der Waals surface area contributed by atoms with Gasteiger partial charge in [0, 0.05) is 0 Å². The molecule has 2 atom stereocenters. The molecule has 0 aromatic carbocycles. The first-order chi connectivity index (χ1) is 8.27. The molecule has 1 aliphatic rings. The van der Waals surface area contributed by atoms with Crippen LogP contribution in [-0.2, 0) is 0 Å². The molecule has 0 heterocycles. The number of unbranched alkanes of at least 4 members (excludes halogenated alkanes) is 1. The maximum Gasteiger partial charge on any atom is -0.0323 e. The maximum absolute atomic E-state index is 4.10. The smallest absolute Gasteiger partial charge is 0.0323 e. The normalized spacial score (nSPS) is 24.8. The number of rotatable bonds is 8. The van der Waals surface area contributed by atoms with E-state index in [4.69, 9.17) is 0 Å². The fourth-order valence-corrected chi connectivity index (χ4v) is 3.37. The third-order valence-electron chi connectivity index (χ3n) is 4.58. The van der Waals surface area contributed by atoms with Gasteiger partial charge in [0.2, 0.25) is 0 Å². The van der Waals surface area contributed by atoms with Crippen LogP contribution in [0.4, 0.5) is 0 Å². The Balaban J connectivity index is 2.16. The van der Waals surface area contributed by atoms with Crippen molar-refractivity contribution in [1.82, 2.24) is 0 Å². The van der Waals surface area contributed by atoms with Crippen molar-refractivity contribution in [3.63, 3.8) is 0 Å². The Hall–Kier alpha value is -0.260. The van der Waals surface area contributed by atoms with Crippen LogP contribution in [0.5, 0.6) is 0 Å². The second kappa shape index (κ2) is 8.78. The second-order valence-corrected chi connectivity index (χ2v) is 5.94. The van der Waals surface area contributed by atoms with Gasteiger partial charge in [-0.2, -0.15) is 0 Å². The summed E-state index contributed by atoms with van der Waals surface area (Å²) < 4.78 is 0. The highest BCUT2D eigenvalue weighted by Crippen LogP contribution is 2.36. The fourth-order valence-electron chi connectivity index (χ4n) is 3.37. The molecule has 17 heavy (non-hydrogen) atoms. The first-order valence-electron chi connectivity index (χ1n) is 7.94. The van der Waals surface area contributed by atoms with Crippen molar-refractivity contribution in [2.75, 3.05) is 0 Å². The van der Waals surface area contributed by atoms with E-state index in [1.165, 1.54) is 76.2 Å². The lowest BCUT2D eigenvalue weighted by atomic mass is 9.74. The van der Waals surface area contributed by atoms with Crippen molar-refractivity contribution in [3.8, 4) is 0 Å². The third kappa shape index (κ3) is 5.75. The van der Waals surface area contributed by atoms with Crippen molar-refractivity contribution in [3.05, 3.63) is 12.2 Å².